The first-order valence-corrected chi connectivity index (χ1v) is 10.1. The second-order valence-electron chi connectivity index (χ2n) is 6.58. The Morgan fingerprint density at radius 2 is 1.87 bits per heavy atom. The molecular weight excluding hydrogens is 426 g/mol. The number of amides is 3. The number of nitrogens with zero attached hydrogens (tertiary/aromatic N) is 1. The van der Waals surface area contributed by atoms with Crippen molar-refractivity contribution in [3.8, 4) is 17.0 Å². The smallest absolute Gasteiger partial charge is 0.387 e. The van der Waals surface area contributed by atoms with E-state index in [0.717, 1.165) is 22.5 Å². The maximum Gasteiger partial charge on any atom is 0.387 e. The number of rotatable bonds is 8. The third-order valence-electron chi connectivity index (χ3n) is 4.40. The van der Waals surface area contributed by atoms with E-state index in [1.165, 1.54) is 6.07 Å². The van der Waals surface area contributed by atoms with Crippen molar-refractivity contribution in [3.63, 3.8) is 0 Å². The Hall–Kier alpha value is -3.53. The number of hydrogen-bond donors (Lipinski definition) is 3. The van der Waals surface area contributed by atoms with E-state index < -0.39 is 18.7 Å². The fourth-order valence-corrected chi connectivity index (χ4v) is 3.80. The number of para-hydroxylation sites is 1. The van der Waals surface area contributed by atoms with E-state index >= 15 is 0 Å². The van der Waals surface area contributed by atoms with Gasteiger partial charge in [-0.25, -0.2) is 9.78 Å². The topological polar surface area (TPSA) is 106 Å². The highest BCUT2D eigenvalue weighted by Gasteiger charge is 2.20. The summed E-state index contributed by atoms with van der Waals surface area (Å²) in [6.45, 7) is -1.09. The summed E-state index contributed by atoms with van der Waals surface area (Å²) < 4.78 is 29.8. The predicted octanol–water partition coefficient (Wildman–Crippen LogP) is 4.46. The average Bonchev–Trinajstić information content (AvgIpc) is 3.15. The maximum atomic E-state index is 12.6. The maximum absolute atomic E-state index is 12.6. The monoisotopic (exact) mass is 446 g/mol. The lowest BCUT2D eigenvalue weighted by molar-refractivity contribution is -0.116. The number of aryl methyl sites for hydroxylation is 1. The lowest BCUT2D eigenvalue weighted by Crippen LogP contribution is -2.35. The average molecular weight is 446 g/mol. The molecule has 3 amide bonds. The minimum Gasteiger partial charge on any atom is -0.434 e. The summed E-state index contributed by atoms with van der Waals surface area (Å²) in [6, 6.07) is 12.3. The van der Waals surface area contributed by atoms with Crippen LogP contribution in [0.3, 0.4) is 0 Å². The zero-order chi connectivity index (χ0) is 22.4. The van der Waals surface area contributed by atoms with Crippen LogP contribution in [0.4, 0.5) is 18.7 Å². The predicted molar refractivity (Wildman–Crippen MR) is 114 cm³/mol. The summed E-state index contributed by atoms with van der Waals surface area (Å²) in [5.74, 6) is -0.397. The van der Waals surface area contributed by atoms with Gasteiger partial charge in [0.2, 0.25) is 5.91 Å². The van der Waals surface area contributed by atoms with Gasteiger partial charge in [-0.1, -0.05) is 36.4 Å². The molecule has 0 aliphatic rings. The largest absolute Gasteiger partial charge is 0.434 e. The van der Waals surface area contributed by atoms with Crippen LogP contribution in [0.25, 0.3) is 11.3 Å². The molecule has 0 spiro atoms. The molecule has 162 valence electrons. The van der Waals surface area contributed by atoms with Gasteiger partial charge < -0.3 is 21.1 Å². The van der Waals surface area contributed by atoms with Crippen molar-refractivity contribution in [2.45, 2.75) is 26.0 Å². The molecule has 7 nitrogen and oxygen atoms in total. The molecule has 3 rings (SSSR count). The van der Waals surface area contributed by atoms with Gasteiger partial charge in [-0.3, -0.25) is 4.79 Å². The minimum atomic E-state index is -2.96. The first-order valence-electron chi connectivity index (χ1n) is 9.24. The molecule has 3 aromatic rings. The van der Waals surface area contributed by atoms with Crippen molar-refractivity contribution in [1.82, 2.24) is 10.3 Å². The highest BCUT2D eigenvalue weighted by molar-refractivity contribution is 7.14. The second-order valence-corrected chi connectivity index (χ2v) is 7.44. The van der Waals surface area contributed by atoms with Crippen LogP contribution in [0.15, 0.2) is 53.9 Å². The van der Waals surface area contributed by atoms with Crippen molar-refractivity contribution in [1.29, 1.82) is 0 Å². The second kappa shape index (κ2) is 9.98. The number of urea groups is 1. The van der Waals surface area contributed by atoms with E-state index in [2.05, 4.69) is 20.4 Å². The fraction of sp³-hybridized carbons (Fsp3) is 0.190. The molecule has 31 heavy (non-hydrogen) atoms. The van der Waals surface area contributed by atoms with E-state index in [9.17, 15) is 18.4 Å². The van der Waals surface area contributed by atoms with Crippen LogP contribution in [0.2, 0.25) is 0 Å². The molecule has 4 N–H and O–H groups in total. The van der Waals surface area contributed by atoms with E-state index in [4.69, 9.17) is 5.73 Å². The number of thiazole rings is 1. The number of alkyl halides is 2. The van der Waals surface area contributed by atoms with Crippen LogP contribution in [0, 0.1) is 6.92 Å². The Balaban J connectivity index is 1.73. The van der Waals surface area contributed by atoms with Gasteiger partial charge in [0.05, 0.1) is 18.2 Å². The van der Waals surface area contributed by atoms with Crippen LogP contribution in [-0.4, -0.2) is 23.5 Å². The molecule has 0 fully saturated rings. The summed E-state index contributed by atoms with van der Waals surface area (Å²) in [5, 5.41) is 7.17. The number of aromatic nitrogens is 1. The minimum absolute atomic E-state index is 0.00838. The van der Waals surface area contributed by atoms with Gasteiger partial charge in [0, 0.05) is 10.9 Å². The zero-order valence-electron chi connectivity index (χ0n) is 16.5. The van der Waals surface area contributed by atoms with Crippen LogP contribution in [0.5, 0.6) is 5.75 Å². The molecule has 0 aliphatic heterocycles. The number of nitrogens with one attached hydrogen (secondary N) is 2. The first-order chi connectivity index (χ1) is 14.8. The van der Waals surface area contributed by atoms with Crippen molar-refractivity contribution >= 4 is 28.4 Å². The Kier molecular flexibility index (Phi) is 7.14. The van der Waals surface area contributed by atoms with Crippen LogP contribution in [-0.2, 0) is 4.79 Å². The number of hydrogen-bond acceptors (Lipinski definition) is 5. The molecule has 0 saturated heterocycles. The molecule has 1 aromatic heterocycles. The Morgan fingerprint density at radius 1 is 1.16 bits per heavy atom. The van der Waals surface area contributed by atoms with Gasteiger partial charge in [-0.05, 0) is 30.2 Å². The summed E-state index contributed by atoms with van der Waals surface area (Å²) in [4.78, 5) is 28.3. The van der Waals surface area contributed by atoms with E-state index in [1.807, 2.05) is 31.2 Å². The number of halogens is 2. The number of nitrogens with two attached hydrogens (primary N) is 1. The van der Waals surface area contributed by atoms with Crippen molar-refractivity contribution in [3.05, 3.63) is 65.0 Å². The number of carbonyl (C=O) groups is 2. The molecule has 2 aromatic carbocycles. The molecule has 10 heteroatoms. The molecular formula is C21H20F2N4O3S. The van der Waals surface area contributed by atoms with Crippen molar-refractivity contribution in [2.24, 2.45) is 5.73 Å². The van der Waals surface area contributed by atoms with Gasteiger partial charge in [-0.15, -0.1) is 11.3 Å². The third kappa shape index (κ3) is 5.98. The lowest BCUT2D eigenvalue weighted by Gasteiger charge is -2.19. The number of primary amides is 1. The number of ether oxygens (including phenoxy) is 1. The zero-order valence-corrected chi connectivity index (χ0v) is 17.3. The molecule has 0 radical (unpaired) electrons. The van der Waals surface area contributed by atoms with Crippen LogP contribution in [0.1, 0.15) is 23.6 Å². The van der Waals surface area contributed by atoms with E-state index in [0.29, 0.717) is 11.3 Å². The SMILES string of the molecule is Cc1ccccc1C(CC(=O)Nc1nc(-c2ccccc2OC(F)F)cs1)NC(N)=O. The number of anilines is 1. The van der Waals surface area contributed by atoms with Crippen molar-refractivity contribution < 1.29 is 23.1 Å². The summed E-state index contributed by atoms with van der Waals surface area (Å²) in [6.07, 6.45) is -0.0617. The number of carbonyl (C=O) groups excluding carboxylic acids is 2. The standard InChI is InChI=1S/C21H20F2N4O3S/c1-12-6-2-3-7-13(12)15(25-20(24)29)10-18(28)27-21-26-16(11-31-21)14-8-4-5-9-17(14)30-19(22)23/h2-9,11,15,19H,10H2,1H3,(H3,24,25,29)(H,26,27,28). The van der Waals surface area contributed by atoms with Crippen LogP contribution >= 0.6 is 11.3 Å². The first kappa shape index (κ1) is 22.2. The quantitative estimate of drug-likeness (QED) is 0.475. The molecule has 1 heterocycles. The molecule has 0 bridgehead atoms. The van der Waals surface area contributed by atoms with E-state index in [1.54, 1.807) is 23.6 Å². The molecule has 0 aliphatic carbocycles. The van der Waals surface area contributed by atoms with Crippen LogP contribution < -0.4 is 21.1 Å². The van der Waals surface area contributed by atoms with Gasteiger partial charge >= 0.3 is 12.6 Å². The summed E-state index contributed by atoms with van der Waals surface area (Å²) >= 11 is 1.14. The third-order valence-corrected chi connectivity index (χ3v) is 5.16. The van der Waals surface area contributed by atoms with Gasteiger partial charge in [-0.2, -0.15) is 8.78 Å². The highest BCUT2D eigenvalue weighted by atomic mass is 32.1. The summed E-state index contributed by atoms with van der Waals surface area (Å²) in [5.41, 5.74) is 7.72. The van der Waals surface area contributed by atoms with Gasteiger partial charge in [0.25, 0.3) is 0 Å². The molecule has 0 saturated carbocycles. The number of benzene rings is 2. The summed E-state index contributed by atoms with van der Waals surface area (Å²) in [7, 11) is 0. The van der Waals surface area contributed by atoms with E-state index in [-0.39, 0.29) is 23.2 Å². The molecule has 1 atom stereocenters. The normalized spacial score (nSPS) is 11.7. The Bertz CT molecular complexity index is 1070. The van der Waals surface area contributed by atoms with Gasteiger partial charge in [0.15, 0.2) is 5.13 Å². The Labute approximate surface area is 181 Å². The van der Waals surface area contributed by atoms with Gasteiger partial charge in [0.1, 0.15) is 5.75 Å². The fourth-order valence-electron chi connectivity index (χ4n) is 3.08. The lowest BCUT2D eigenvalue weighted by atomic mass is 9.98. The van der Waals surface area contributed by atoms with Crippen molar-refractivity contribution in [2.75, 3.05) is 5.32 Å². The Morgan fingerprint density at radius 3 is 2.58 bits per heavy atom. The highest BCUT2D eigenvalue weighted by Crippen LogP contribution is 2.33. The molecule has 1 unspecified atom stereocenters.